The van der Waals surface area contributed by atoms with E-state index in [1.807, 2.05) is 37.4 Å². The topological polar surface area (TPSA) is 29.3 Å². The number of hydrogen-bond acceptors (Lipinski definition) is 2. The number of halogens is 1. The van der Waals surface area contributed by atoms with Crippen LogP contribution in [0.25, 0.3) is 0 Å². The first-order chi connectivity index (χ1) is 8.61. The molecule has 94 valence electrons. The van der Waals surface area contributed by atoms with E-state index >= 15 is 0 Å². The van der Waals surface area contributed by atoms with Crippen molar-refractivity contribution in [2.24, 2.45) is 5.73 Å². The minimum Gasteiger partial charge on any atom is -0.344 e. The molecule has 0 radical (unpaired) electrons. The normalized spacial score (nSPS) is 10.4. The molecular weight excluding hydrogens is 244 g/mol. The number of aryl methyl sites for hydroxylation is 1. The molecule has 0 atom stereocenters. The first-order valence-electron chi connectivity index (χ1n) is 5.90. The van der Waals surface area contributed by atoms with Crippen LogP contribution in [0.1, 0.15) is 11.1 Å². The zero-order valence-corrected chi connectivity index (χ0v) is 11.4. The summed E-state index contributed by atoms with van der Waals surface area (Å²) in [4.78, 5) is 2.13. The van der Waals surface area contributed by atoms with Gasteiger partial charge in [-0.2, -0.15) is 0 Å². The van der Waals surface area contributed by atoms with Crippen LogP contribution < -0.4 is 10.6 Å². The first-order valence-corrected chi connectivity index (χ1v) is 6.28. The van der Waals surface area contributed by atoms with Crippen molar-refractivity contribution in [2.75, 3.05) is 11.9 Å². The fraction of sp³-hybridized carbons (Fsp3) is 0.200. The monoisotopic (exact) mass is 260 g/mol. The van der Waals surface area contributed by atoms with E-state index in [1.54, 1.807) is 0 Å². The van der Waals surface area contributed by atoms with Crippen molar-refractivity contribution >= 4 is 23.0 Å². The number of rotatable bonds is 3. The van der Waals surface area contributed by atoms with Crippen LogP contribution in [0.2, 0.25) is 5.02 Å². The Hall–Kier alpha value is -1.51. The first kappa shape index (κ1) is 12.9. The summed E-state index contributed by atoms with van der Waals surface area (Å²) in [5.41, 5.74) is 10.2. The summed E-state index contributed by atoms with van der Waals surface area (Å²) in [6.07, 6.45) is 0. The lowest BCUT2D eigenvalue weighted by Crippen LogP contribution is -2.11. The molecule has 2 nitrogen and oxygen atoms in total. The van der Waals surface area contributed by atoms with E-state index in [-0.39, 0.29) is 0 Å². The second-order valence-corrected chi connectivity index (χ2v) is 4.80. The lowest BCUT2D eigenvalue weighted by Gasteiger charge is -2.22. The maximum Gasteiger partial charge on any atom is 0.0452 e. The number of benzene rings is 2. The van der Waals surface area contributed by atoms with Crippen LogP contribution in [-0.2, 0) is 6.54 Å². The lowest BCUT2D eigenvalue weighted by molar-refractivity contribution is 1.06. The quantitative estimate of drug-likeness (QED) is 0.908. The summed E-state index contributed by atoms with van der Waals surface area (Å²) in [6.45, 7) is 2.63. The lowest BCUT2D eigenvalue weighted by atomic mass is 10.1. The van der Waals surface area contributed by atoms with Crippen LogP contribution >= 0.6 is 11.6 Å². The van der Waals surface area contributed by atoms with Crippen LogP contribution in [0, 0.1) is 6.92 Å². The van der Waals surface area contributed by atoms with Crippen LogP contribution in [-0.4, -0.2) is 7.05 Å². The van der Waals surface area contributed by atoms with Gasteiger partial charge in [-0.25, -0.2) is 0 Å². The van der Waals surface area contributed by atoms with E-state index in [9.17, 15) is 0 Å². The zero-order valence-electron chi connectivity index (χ0n) is 10.7. The van der Waals surface area contributed by atoms with Gasteiger partial charge in [0.05, 0.1) is 0 Å². The predicted octanol–water partition coefficient (Wildman–Crippen LogP) is 3.88. The highest BCUT2D eigenvalue weighted by molar-refractivity contribution is 6.30. The molecule has 2 rings (SSSR count). The maximum absolute atomic E-state index is 6.06. The third-order valence-corrected chi connectivity index (χ3v) is 3.30. The molecule has 0 aromatic heterocycles. The van der Waals surface area contributed by atoms with Gasteiger partial charge in [-0.05, 0) is 42.3 Å². The Kier molecular flexibility index (Phi) is 3.90. The molecule has 0 spiro atoms. The third-order valence-electron chi connectivity index (χ3n) is 3.07. The minimum atomic E-state index is 0.552. The maximum atomic E-state index is 6.06. The SMILES string of the molecule is Cc1ccc(Cl)cc1N(C)c1cccc(CN)c1. The molecule has 0 heterocycles. The van der Waals surface area contributed by atoms with Crippen molar-refractivity contribution in [3.8, 4) is 0 Å². The average molecular weight is 261 g/mol. The van der Waals surface area contributed by atoms with Gasteiger partial charge in [-0.15, -0.1) is 0 Å². The van der Waals surface area contributed by atoms with Crippen molar-refractivity contribution in [2.45, 2.75) is 13.5 Å². The summed E-state index contributed by atoms with van der Waals surface area (Å²) in [5.74, 6) is 0. The highest BCUT2D eigenvalue weighted by atomic mass is 35.5. The molecule has 2 aromatic rings. The van der Waals surface area contributed by atoms with Gasteiger partial charge in [0.2, 0.25) is 0 Å². The van der Waals surface area contributed by atoms with E-state index in [0.29, 0.717) is 6.54 Å². The Balaban J connectivity index is 2.40. The number of nitrogens with zero attached hydrogens (tertiary/aromatic N) is 1. The van der Waals surface area contributed by atoms with Crippen molar-refractivity contribution < 1.29 is 0 Å². The summed E-state index contributed by atoms with van der Waals surface area (Å²) in [5, 5.41) is 0.748. The number of hydrogen-bond donors (Lipinski definition) is 1. The molecule has 18 heavy (non-hydrogen) atoms. The Morgan fingerprint density at radius 3 is 2.67 bits per heavy atom. The van der Waals surface area contributed by atoms with Gasteiger partial charge in [0, 0.05) is 30.0 Å². The molecule has 0 saturated heterocycles. The molecule has 2 aromatic carbocycles. The molecule has 3 heteroatoms. The molecule has 0 bridgehead atoms. The van der Waals surface area contributed by atoms with Crippen molar-refractivity contribution in [3.63, 3.8) is 0 Å². The summed E-state index contributed by atoms with van der Waals surface area (Å²) < 4.78 is 0. The van der Waals surface area contributed by atoms with E-state index in [4.69, 9.17) is 17.3 Å². The largest absolute Gasteiger partial charge is 0.344 e. The molecule has 0 unspecified atom stereocenters. The van der Waals surface area contributed by atoms with Gasteiger partial charge < -0.3 is 10.6 Å². The predicted molar refractivity (Wildman–Crippen MR) is 78.6 cm³/mol. The van der Waals surface area contributed by atoms with Gasteiger partial charge in [-0.1, -0.05) is 29.8 Å². The zero-order chi connectivity index (χ0) is 13.1. The third kappa shape index (κ3) is 2.66. The van der Waals surface area contributed by atoms with E-state index in [0.717, 1.165) is 22.0 Å². The standard InChI is InChI=1S/C15H17ClN2/c1-11-6-7-13(16)9-15(11)18(2)14-5-3-4-12(8-14)10-17/h3-9H,10,17H2,1-2H3. The highest BCUT2D eigenvalue weighted by Gasteiger charge is 2.08. The molecule has 0 saturated carbocycles. The number of nitrogens with two attached hydrogens (primary N) is 1. The molecule has 0 amide bonds. The van der Waals surface area contributed by atoms with Gasteiger partial charge >= 0.3 is 0 Å². The van der Waals surface area contributed by atoms with Crippen LogP contribution in [0.15, 0.2) is 42.5 Å². The van der Waals surface area contributed by atoms with Gasteiger partial charge in [-0.3, -0.25) is 0 Å². The fourth-order valence-electron chi connectivity index (χ4n) is 1.98. The van der Waals surface area contributed by atoms with Crippen molar-refractivity contribution in [1.82, 2.24) is 0 Å². The van der Waals surface area contributed by atoms with Crippen LogP contribution in [0.3, 0.4) is 0 Å². The van der Waals surface area contributed by atoms with E-state index in [2.05, 4.69) is 24.0 Å². The molecule has 2 N–H and O–H groups in total. The van der Waals surface area contributed by atoms with Crippen molar-refractivity contribution in [1.29, 1.82) is 0 Å². The molecule has 0 aliphatic carbocycles. The number of anilines is 2. The summed E-state index contributed by atoms with van der Waals surface area (Å²) >= 11 is 6.06. The van der Waals surface area contributed by atoms with E-state index < -0.39 is 0 Å². The minimum absolute atomic E-state index is 0.552. The fourth-order valence-corrected chi connectivity index (χ4v) is 2.14. The van der Waals surface area contributed by atoms with Crippen LogP contribution in [0.5, 0.6) is 0 Å². The second kappa shape index (κ2) is 5.42. The Morgan fingerprint density at radius 2 is 1.94 bits per heavy atom. The molecule has 0 fully saturated rings. The highest BCUT2D eigenvalue weighted by Crippen LogP contribution is 2.29. The summed E-state index contributed by atoms with van der Waals surface area (Å²) in [7, 11) is 2.04. The summed E-state index contributed by atoms with van der Waals surface area (Å²) in [6, 6.07) is 14.1. The molecule has 0 aliphatic rings. The second-order valence-electron chi connectivity index (χ2n) is 4.36. The molecular formula is C15H17ClN2. The van der Waals surface area contributed by atoms with Crippen LogP contribution in [0.4, 0.5) is 11.4 Å². The van der Waals surface area contributed by atoms with Gasteiger partial charge in [0.25, 0.3) is 0 Å². The average Bonchev–Trinajstić information content (AvgIpc) is 2.41. The smallest absolute Gasteiger partial charge is 0.0452 e. The Morgan fingerprint density at radius 1 is 1.17 bits per heavy atom. The van der Waals surface area contributed by atoms with Gasteiger partial charge in [0.15, 0.2) is 0 Å². The Labute approximate surface area is 113 Å². The Bertz CT molecular complexity index is 552. The molecule has 0 aliphatic heterocycles. The van der Waals surface area contributed by atoms with Crippen molar-refractivity contribution in [3.05, 3.63) is 58.6 Å². The van der Waals surface area contributed by atoms with Gasteiger partial charge in [0.1, 0.15) is 0 Å². The van der Waals surface area contributed by atoms with E-state index in [1.165, 1.54) is 5.56 Å².